The molecule has 150 valence electrons. The number of hydrogen-bond donors (Lipinski definition) is 1. The lowest BCUT2D eigenvalue weighted by atomic mass is 10.2. The molecule has 1 aliphatic rings. The molecule has 0 saturated carbocycles. The molecule has 1 atom stereocenters. The molecule has 1 unspecified atom stereocenters. The number of rotatable bonds is 5. The van der Waals surface area contributed by atoms with Crippen molar-refractivity contribution in [2.75, 3.05) is 11.4 Å². The van der Waals surface area contributed by atoms with Crippen LogP contribution in [0, 0.1) is 6.92 Å². The molecule has 3 rings (SSSR count). The van der Waals surface area contributed by atoms with Crippen molar-refractivity contribution in [3.05, 3.63) is 48.3 Å². The second-order valence-electron chi connectivity index (χ2n) is 6.13. The number of carbonyl (C=O) groups excluding carboxylic acids is 1. The van der Waals surface area contributed by atoms with Gasteiger partial charge in [0.25, 0.3) is 0 Å². The number of pyridine rings is 1. The predicted octanol–water partition coefficient (Wildman–Crippen LogP) is 2.37. The van der Waals surface area contributed by atoms with Crippen molar-refractivity contribution in [3.8, 4) is 5.75 Å². The minimum absolute atomic E-state index is 0.0788. The average molecular weight is 415 g/mol. The number of benzene rings is 1. The molecule has 1 saturated heterocycles. The Morgan fingerprint density at radius 2 is 2.00 bits per heavy atom. The third-order valence-corrected chi connectivity index (χ3v) is 5.52. The molecule has 0 aliphatic carbocycles. The first kappa shape index (κ1) is 20.1. The first-order valence-electron chi connectivity index (χ1n) is 8.17. The Bertz CT molecular complexity index is 978. The molecule has 1 amide bonds. The van der Waals surface area contributed by atoms with Crippen LogP contribution in [0.4, 0.5) is 18.9 Å². The lowest BCUT2D eigenvalue weighted by molar-refractivity contribution is -0.274. The van der Waals surface area contributed by atoms with E-state index in [2.05, 4.69) is 14.4 Å². The number of carbonyl (C=O) groups is 1. The normalized spacial score (nSPS) is 17.8. The fraction of sp³-hybridized carbons (Fsp3) is 0.294. The van der Waals surface area contributed by atoms with Gasteiger partial charge in [-0.25, -0.2) is 8.42 Å². The summed E-state index contributed by atoms with van der Waals surface area (Å²) in [6.45, 7) is 1.85. The van der Waals surface area contributed by atoms with E-state index >= 15 is 0 Å². The summed E-state index contributed by atoms with van der Waals surface area (Å²) in [5.74, 6) is -1.03. The Hall–Kier alpha value is -2.66. The second kappa shape index (κ2) is 7.40. The molecule has 0 spiro atoms. The van der Waals surface area contributed by atoms with Gasteiger partial charge in [-0.2, -0.15) is 4.72 Å². The molecule has 28 heavy (non-hydrogen) atoms. The number of aromatic nitrogens is 1. The molecule has 11 heteroatoms. The van der Waals surface area contributed by atoms with Crippen molar-refractivity contribution < 1.29 is 31.1 Å². The van der Waals surface area contributed by atoms with Crippen LogP contribution >= 0.6 is 0 Å². The van der Waals surface area contributed by atoms with Crippen LogP contribution in [0.15, 0.2) is 47.5 Å². The Kier molecular flexibility index (Phi) is 5.31. The van der Waals surface area contributed by atoms with E-state index in [0.29, 0.717) is 5.69 Å². The van der Waals surface area contributed by atoms with Gasteiger partial charge in [0.15, 0.2) is 0 Å². The molecule has 1 fully saturated rings. The van der Waals surface area contributed by atoms with E-state index in [0.717, 1.165) is 12.1 Å². The Morgan fingerprint density at radius 1 is 1.25 bits per heavy atom. The van der Waals surface area contributed by atoms with E-state index in [-0.39, 0.29) is 23.5 Å². The molecular weight excluding hydrogens is 399 g/mol. The summed E-state index contributed by atoms with van der Waals surface area (Å²) in [5.41, 5.74) is 0.827. The standard InChI is InChI=1S/C17H16F3N3O4S/c1-11-5-6-14(10-21-11)28(25,26)22-15-7-8-23(16(15)24)12-3-2-4-13(9-12)27-17(18,19)20/h2-6,9-10,15,22H,7-8H2,1H3. The third-order valence-electron chi connectivity index (χ3n) is 4.06. The number of amides is 1. The van der Waals surface area contributed by atoms with E-state index < -0.39 is 34.1 Å². The van der Waals surface area contributed by atoms with Crippen LogP contribution in [0.2, 0.25) is 0 Å². The predicted molar refractivity (Wildman–Crippen MR) is 93.2 cm³/mol. The maximum absolute atomic E-state index is 12.6. The fourth-order valence-corrected chi connectivity index (χ4v) is 3.93. The summed E-state index contributed by atoms with van der Waals surface area (Å²) < 4.78 is 68.2. The van der Waals surface area contributed by atoms with Gasteiger partial charge in [-0.05, 0) is 37.6 Å². The monoisotopic (exact) mass is 415 g/mol. The van der Waals surface area contributed by atoms with Gasteiger partial charge >= 0.3 is 6.36 Å². The molecule has 0 radical (unpaired) electrons. The number of hydrogen-bond acceptors (Lipinski definition) is 5. The number of nitrogens with one attached hydrogen (secondary N) is 1. The number of nitrogens with zero attached hydrogens (tertiary/aromatic N) is 2. The summed E-state index contributed by atoms with van der Waals surface area (Å²) >= 11 is 0. The smallest absolute Gasteiger partial charge is 0.406 e. The minimum Gasteiger partial charge on any atom is -0.406 e. The molecule has 0 bridgehead atoms. The lowest BCUT2D eigenvalue weighted by Crippen LogP contribution is -2.41. The SMILES string of the molecule is Cc1ccc(S(=O)(=O)NC2CCN(c3cccc(OC(F)(F)F)c3)C2=O)cn1. The third kappa shape index (κ3) is 4.60. The Balaban J connectivity index is 1.74. The van der Waals surface area contributed by atoms with Crippen LogP contribution in [-0.2, 0) is 14.8 Å². The first-order chi connectivity index (χ1) is 13.0. The second-order valence-corrected chi connectivity index (χ2v) is 7.85. The highest BCUT2D eigenvalue weighted by atomic mass is 32.2. The van der Waals surface area contributed by atoms with Gasteiger partial charge in [-0.15, -0.1) is 13.2 Å². The van der Waals surface area contributed by atoms with E-state index in [9.17, 15) is 26.4 Å². The Labute approximate surface area is 159 Å². The van der Waals surface area contributed by atoms with Gasteiger partial charge in [0, 0.05) is 30.2 Å². The van der Waals surface area contributed by atoms with Gasteiger partial charge < -0.3 is 9.64 Å². The van der Waals surface area contributed by atoms with Crippen molar-refractivity contribution in [2.24, 2.45) is 0 Å². The van der Waals surface area contributed by atoms with Gasteiger partial charge in [0.1, 0.15) is 16.7 Å². The topological polar surface area (TPSA) is 88.6 Å². The zero-order valence-corrected chi connectivity index (χ0v) is 15.4. The van der Waals surface area contributed by atoms with Crippen LogP contribution < -0.4 is 14.4 Å². The summed E-state index contributed by atoms with van der Waals surface area (Å²) in [7, 11) is -3.96. The molecule has 1 aromatic heterocycles. The Morgan fingerprint density at radius 3 is 2.64 bits per heavy atom. The van der Waals surface area contributed by atoms with Crippen molar-refractivity contribution in [3.63, 3.8) is 0 Å². The van der Waals surface area contributed by atoms with Gasteiger partial charge in [-0.3, -0.25) is 9.78 Å². The maximum Gasteiger partial charge on any atom is 0.573 e. The minimum atomic E-state index is -4.85. The van der Waals surface area contributed by atoms with Crippen LogP contribution in [-0.4, -0.2) is 38.3 Å². The quantitative estimate of drug-likeness (QED) is 0.810. The zero-order chi connectivity index (χ0) is 20.5. The zero-order valence-electron chi connectivity index (χ0n) is 14.6. The number of sulfonamides is 1. The highest BCUT2D eigenvalue weighted by Gasteiger charge is 2.36. The largest absolute Gasteiger partial charge is 0.573 e. The lowest BCUT2D eigenvalue weighted by Gasteiger charge is -2.18. The number of anilines is 1. The summed E-state index contributed by atoms with van der Waals surface area (Å²) in [6, 6.07) is 6.83. The summed E-state index contributed by atoms with van der Waals surface area (Å²) in [6.07, 6.45) is -3.50. The van der Waals surface area contributed by atoms with Gasteiger partial charge in [0.05, 0.1) is 0 Å². The number of aryl methyl sites for hydroxylation is 1. The van der Waals surface area contributed by atoms with E-state index in [4.69, 9.17) is 0 Å². The van der Waals surface area contributed by atoms with Gasteiger partial charge in [0.2, 0.25) is 15.9 Å². The van der Waals surface area contributed by atoms with Gasteiger partial charge in [-0.1, -0.05) is 6.07 Å². The van der Waals surface area contributed by atoms with Crippen molar-refractivity contribution in [1.29, 1.82) is 0 Å². The van der Waals surface area contributed by atoms with E-state index in [1.165, 1.54) is 35.4 Å². The fourth-order valence-electron chi connectivity index (χ4n) is 2.76. The highest BCUT2D eigenvalue weighted by Crippen LogP contribution is 2.29. The maximum atomic E-state index is 12.6. The van der Waals surface area contributed by atoms with Crippen molar-refractivity contribution >= 4 is 21.6 Å². The van der Waals surface area contributed by atoms with E-state index in [1.54, 1.807) is 6.92 Å². The molecule has 2 aromatic rings. The number of alkyl halides is 3. The summed E-state index contributed by atoms with van der Waals surface area (Å²) in [4.78, 5) is 17.6. The van der Waals surface area contributed by atoms with Crippen molar-refractivity contribution in [2.45, 2.75) is 30.6 Å². The van der Waals surface area contributed by atoms with Crippen LogP contribution in [0.25, 0.3) is 0 Å². The average Bonchev–Trinajstić information content (AvgIpc) is 2.94. The molecule has 1 N–H and O–H groups in total. The first-order valence-corrected chi connectivity index (χ1v) is 9.66. The van der Waals surface area contributed by atoms with Crippen LogP contribution in [0.5, 0.6) is 5.75 Å². The van der Waals surface area contributed by atoms with Crippen LogP contribution in [0.3, 0.4) is 0 Å². The molecule has 7 nitrogen and oxygen atoms in total. The van der Waals surface area contributed by atoms with Crippen LogP contribution in [0.1, 0.15) is 12.1 Å². The summed E-state index contributed by atoms with van der Waals surface area (Å²) in [5, 5.41) is 0. The number of ether oxygens (including phenoxy) is 1. The number of halogens is 3. The molecule has 1 aromatic carbocycles. The molecule has 2 heterocycles. The molecular formula is C17H16F3N3O4S. The van der Waals surface area contributed by atoms with Crippen molar-refractivity contribution in [1.82, 2.24) is 9.71 Å². The highest BCUT2D eigenvalue weighted by molar-refractivity contribution is 7.89. The molecule has 1 aliphatic heterocycles. The van der Waals surface area contributed by atoms with E-state index in [1.807, 2.05) is 0 Å².